The van der Waals surface area contributed by atoms with Crippen LogP contribution >= 0.6 is 0 Å². The first-order valence-corrected chi connectivity index (χ1v) is 23.1. The number of carbonyl (C=O) groups is 1. The predicted molar refractivity (Wildman–Crippen MR) is 217 cm³/mol. The lowest BCUT2D eigenvalue weighted by Crippen LogP contribution is -2.64. The van der Waals surface area contributed by atoms with Crippen molar-refractivity contribution in [1.29, 1.82) is 0 Å². The summed E-state index contributed by atoms with van der Waals surface area (Å²) in [7, 11) is 1.49. The van der Waals surface area contributed by atoms with Crippen LogP contribution in [0.25, 0.3) is 0 Å². The van der Waals surface area contributed by atoms with E-state index in [2.05, 4.69) is 0 Å². The molecule has 22 nitrogen and oxygen atoms in total. The van der Waals surface area contributed by atoms with Gasteiger partial charge in [-0.05, 0) is 64.2 Å². The molecule has 0 aromatic carbocycles. The molecular formula is C43H71O22+. The minimum atomic E-state index is -1.80. The number of rotatable bonds is 13. The Hall–Kier alpha value is -1.59. The summed E-state index contributed by atoms with van der Waals surface area (Å²) >= 11 is 0. The minimum Gasteiger partial charge on any atom is -0.460 e. The second kappa shape index (κ2) is 22.4. The highest BCUT2D eigenvalue weighted by molar-refractivity contribution is 5.81. The summed E-state index contributed by atoms with van der Waals surface area (Å²) in [6.07, 6.45) is -21.4. The fourth-order valence-corrected chi connectivity index (χ4v) is 10.6. The zero-order valence-electron chi connectivity index (χ0n) is 36.6. The van der Waals surface area contributed by atoms with E-state index in [0.717, 1.165) is 12.8 Å². The normalized spacial score (nSPS) is 51.0. The molecule has 0 aromatic rings. The molecule has 0 aromatic heterocycles. The van der Waals surface area contributed by atoms with Gasteiger partial charge in [-0.1, -0.05) is 6.08 Å². The Bertz CT molecular complexity index is 1540. The van der Waals surface area contributed by atoms with Crippen molar-refractivity contribution in [3.05, 3.63) is 12.2 Å². The SMILES string of the molecule is COC1CC(C2[OH+]C3CC(O)CC(OC4OC(COC(=O)C=CC5CCC(O)CC5)C(O)C(O)C4O)C3CC2OC2OC(COC3OC(C)C(O)C(O)C3O)C(O)C(O)C2O)CCC1O. The third-order valence-electron chi connectivity index (χ3n) is 14.6. The van der Waals surface area contributed by atoms with Crippen LogP contribution in [0, 0.1) is 17.8 Å². The van der Waals surface area contributed by atoms with Crippen molar-refractivity contribution in [2.75, 3.05) is 20.3 Å². The molecule has 0 spiro atoms. The van der Waals surface area contributed by atoms with Gasteiger partial charge in [0.1, 0.15) is 79.9 Å². The number of esters is 1. The van der Waals surface area contributed by atoms with E-state index >= 15 is 0 Å². The smallest absolute Gasteiger partial charge is 0.330 e. The maximum Gasteiger partial charge on any atom is 0.330 e. The number of carbonyl (C=O) groups excluding carboxylic acids is 1. The fraction of sp³-hybridized carbons (Fsp3) is 0.930. The van der Waals surface area contributed by atoms with Crippen molar-refractivity contribution in [3.63, 3.8) is 0 Å². The van der Waals surface area contributed by atoms with Crippen molar-refractivity contribution in [3.8, 4) is 0 Å². The number of hydrogen-bond acceptors (Lipinski definition) is 21. The number of aliphatic hydroxyl groups excluding tert-OH is 12. The van der Waals surface area contributed by atoms with Gasteiger partial charge >= 0.3 is 5.97 Å². The lowest BCUT2D eigenvalue weighted by atomic mass is 9.72. The van der Waals surface area contributed by atoms with Crippen molar-refractivity contribution in [2.24, 2.45) is 17.8 Å². The average molecular weight is 940 g/mol. The molecule has 24 atom stereocenters. The van der Waals surface area contributed by atoms with Gasteiger partial charge in [0.2, 0.25) is 0 Å². The second-order valence-electron chi connectivity index (χ2n) is 19.1. The standard InChI is InChI=1S/C43H70O22/c1-17-31(48)34(51)37(54)41(60-17)59-16-29-33(50)36(53)39(56)43(65-29)63-27-14-22-24(61-40(27)19-6-9-23(46)26(11-19)57-2)12-21(45)13-25(22)62-42-38(55)35(52)32(49)28(64-42)15-58-30(47)10-5-18-3-7-20(44)8-4-18/h5,10,17-29,31-46,48-56H,3-4,6-9,11-16H2,1-2H3/p+1. The summed E-state index contributed by atoms with van der Waals surface area (Å²) in [5.74, 6) is -1.38. The van der Waals surface area contributed by atoms with Crippen LogP contribution in [0.15, 0.2) is 12.2 Å². The number of ether oxygens (including phenoxy) is 9. The maximum absolute atomic E-state index is 12.6. The van der Waals surface area contributed by atoms with Crippen LogP contribution < -0.4 is 0 Å². The Morgan fingerprint density at radius 1 is 0.600 bits per heavy atom. The van der Waals surface area contributed by atoms with Crippen molar-refractivity contribution in [2.45, 2.75) is 212 Å². The predicted octanol–water partition coefficient (Wildman–Crippen LogP) is -4.52. The van der Waals surface area contributed by atoms with Gasteiger partial charge in [0.05, 0.1) is 49.1 Å². The number of hydrogen-bond donors (Lipinski definition) is 12. The molecule has 7 aliphatic rings. The fourth-order valence-electron chi connectivity index (χ4n) is 10.6. The van der Waals surface area contributed by atoms with E-state index in [1.807, 2.05) is 0 Å². The summed E-state index contributed by atoms with van der Waals surface area (Å²) in [5.41, 5.74) is 0. The molecule has 22 heteroatoms. The van der Waals surface area contributed by atoms with E-state index in [1.54, 1.807) is 6.08 Å². The van der Waals surface area contributed by atoms with Crippen LogP contribution in [0.2, 0.25) is 0 Å². The van der Waals surface area contributed by atoms with E-state index in [1.165, 1.54) is 20.1 Å². The van der Waals surface area contributed by atoms with Gasteiger partial charge in [-0.2, -0.15) is 0 Å². The summed E-state index contributed by atoms with van der Waals surface area (Å²) in [5, 5.41) is 128. The van der Waals surface area contributed by atoms with Gasteiger partial charge in [-0.15, -0.1) is 0 Å². The quantitative estimate of drug-likeness (QED) is 0.0470. The van der Waals surface area contributed by atoms with E-state index in [0.29, 0.717) is 32.1 Å². The summed E-state index contributed by atoms with van der Waals surface area (Å²) in [6, 6.07) is 0. The molecule has 65 heavy (non-hydrogen) atoms. The van der Waals surface area contributed by atoms with E-state index < -0.39 is 160 Å². The highest BCUT2D eigenvalue weighted by Gasteiger charge is 2.57. The van der Waals surface area contributed by atoms with Gasteiger partial charge < -0.3 is 104 Å². The number of aliphatic hydroxyl groups is 14. The second-order valence-corrected chi connectivity index (χ2v) is 19.1. The molecule has 13 N–H and O–H groups in total. The summed E-state index contributed by atoms with van der Waals surface area (Å²) < 4.78 is 52.1. The first-order valence-electron chi connectivity index (χ1n) is 23.1. The van der Waals surface area contributed by atoms with Crippen LogP contribution in [0.5, 0.6) is 0 Å². The Kier molecular flexibility index (Phi) is 17.7. The van der Waals surface area contributed by atoms with Crippen molar-refractivity contribution < 1.29 is 109 Å². The van der Waals surface area contributed by atoms with Crippen LogP contribution in [0.1, 0.15) is 71.1 Å². The maximum atomic E-state index is 12.6. The summed E-state index contributed by atoms with van der Waals surface area (Å²) in [4.78, 5) is 12.6. The van der Waals surface area contributed by atoms with Crippen LogP contribution in [0.3, 0.4) is 0 Å². The Labute approximate surface area is 376 Å². The lowest BCUT2D eigenvalue weighted by molar-refractivity contribution is -0.370. The molecule has 0 amide bonds. The molecule has 3 aliphatic carbocycles. The number of fused-ring (bicyclic) bond motifs is 1. The minimum absolute atomic E-state index is 0.0373. The van der Waals surface area contributed by atoms with Gasteiger partial charge in [0.25, 0.3) is 0 Å². The van der Waals surface area contributed by atoms with Gasteiger partial charge in [0.15, 0.2) is 31.1 Å². The first-order chi connectivity index (χ1) is 30.9. The van der Waals surface area contributed by atoms with E-state index in [4.69, 9.17) is 42.6 Å². The molecule has 3 saturated carbocycles. The largest absolute Gasteiger partial charge is 0.460 e. The highest BCUT2D eigenvalue weighted by atomic mass is 16.7. The molecule has 24 unspecified atom stereocenters. The molecule has 4 heterocycles. The zero-order valence-corrected chi connectivity index (χ0v) is 36.6. The first kappa shape index (κ1) is 51.3. The van der Waals surface area contributed by atoms with Crippen LogP contribution in [-0.4, -0.2) is 233 Å². The van der Waals surface area contributed by atoms with Crippen molar-refractivity contribution in [1.82, 2.24) is 0 Å². The molecule has 0 radical (unpaired) electrons. The number of methoxy groups -OCH3 is 1. The monoisotopic (exact) mass is 939 g/mol. The molecule has 4 saturated heterocycles. The molecule has 7 rings (SSSR count). The van der Waals surface area contributed by atoms with Gasteiger partial charge in [-0.25, -0.2) is 4.79 Å². The highest BCUT2D eigenvalue weighted by Crippen LogP contribution is 2.44. The molecule has 4 aliphatic heterocycles. The zero-order chi connectivity index (χ0) is 46.9. The van der Waals surface area contributed by atoms with Crippen LogP contribution in [-0.2, 0) is 42.7 Å². The topological polar surface area (TPSA) is 346 Å². The Balaban J connectivity index is 1.05. The molecular weight excluding hydrogens is 868 g/mol. The Morgan fingerprint density at radius 3 is 1.85 bits per heavy atom. The van der Waals surface area contributed by atoms with Gasteiger partial charge in [0, 0.05) is 31.9 Å². The lowest BCUT2D eigenvalue weighted by Gasteiger charge is -2.50. The van der Waals surface area contributed by atoms with Gasteiger partial charge in [-0.3, -0.25) is 0 Å². The number of allylic oxidation sites excluding steroid dienone is 1. The summed E-state index contributed by atoms with van der Waals surface area (Å²) in [6.45, 7) is 0.465. The van der Waals surface area contributed by atoms with E-state index in [9.17, 15) is 66.1 Å². The van der Waals surface area contributed by atoms with Crippen molar-refractivity contribution >= 4 is 5.97 Å². The average Bonchev–Trinajstić information content (AvgIpc) is 3.29. The third kappa shape index (κ3) is 11.9. The Morgan fingerprint density at radius 2 is 1.20 bits per heavy atom. The molecule has 7 fully saturated rings. The third-order valence-corrected chi connectivity index (χ3v) is 14.6. The van der Waals surface area contributed by atoms with E-state index in [-0.39, 0.29) is 37.2 Å². The molecule has 0 bridgehead atoms. The van der Waals surface area contributed by atoms with Crippen LogP contribution in [0.4, 0.5) is 0 Å². The molecule has 374 valence electrons.